The number of carbonyl (C=O) groups excluding carboxylic acids is 1. The van der Waals surface area contributed by atoms with Crippen molar-refractivity contribution in [2.75, 3.05) is 33.3 Å². The van der Waals surface area contributed by atoms with Crippen molar-refractivity contribution in [3.8, 4) is 0 Å². The molecule has 22 heavy (non-hydrogen) atoms. The number of pyridine rings is 1. The van der Waals surface area contributed by atoms with Crippen molar-refractivity contribution in [3.63, 3.8) is 0 Å². The zero-order valence-electron chi connectivity index (χ0n) is 12.9. The number of aryl methyl sites for hydroxylation is 1. The molecule has 0 N–H and O–H groups in total. The van der Waals surface area contributed by atoms with Gasteiger partial charge in [-0.1, -0.05) is 6.07 Å². The van der Waals surface area contributed by atoms with Crippen molar-refractivity contribution in [2.45, 2.75) is 19.1 Å². The Morgan fingerprint density at radius 1 is 1.36 bits per heavy atom. The maximum absolute atomic E-state index is 12.9. The highest BCUT2D eigenvalue weighted by molar-refractivity contribution is 6.00. The smallest absolute Gasteiger partial charge is 0.257 e. The molecule has 2 saturated heterocycles. The number of nitrogens with zero attached hydrogens (tertiary/aromatic N) is 4. The summed E-state index contributed by atoms with van der Waals surface area (Å²) in [4.78, 5) is 17.0. The van der Waals surface area contributed by atoms with Crippen LogP contribution in [0, 0.1) is 6.92 Å². The summed E-state index contributed by atoms with van der Waals surface area (Å²) in [5, 5.41) is 4.31. The Balaban J connectivity index is 1.61. The van der Waals surface area contributed by atoms with Crippen LogP contribution in [0.4, 0.5) is 0 Å². The normalized spacial score (nSPS) is 25.6. The Bertz CT molecular complexity index is 726. The molecule has 2 aromatic heterocycles. The fourth-order valence-corrected chi connectivity index (χ4v) is 3.45. The zero-order valence-corrected chi connectivity index (χ0v) is 12.9. The van der Waals surface area contributed by atoms with Crippen LogP contribution in [0.1, 0.15) is 15.9 Å². The fraction of sp³-hybridized carbons (Fsp3) is 0.500. The number of hydrogen-bond acceptors (Lipinski definition) is 4. The highest BCUT2D eigenvalue weighted by Gasteiger charge is 2.40. The summed E-state index contributed by atoms with van der Waals surface area (Å²) in [7, 11) is 2.10. The first-order chi connectivity index (χ1) is 10.6. The lowest BCUT2D eigenvalue weighted by atomic mass is 10.1. The molecule has 2 aliphatic heterocycles. The number of morpholine rings is 1. The van der Waals surface area contributed by atoms with E-state index in [4.69, 9.17) is 4.74 Å². The van der Waals surface area contributed by atoms with Gasteiger partial charge < -0.3 is 9.64 Å². The topological polar surface area (TPSA) is 50.1 Å². The van der Waals surface area contributed by atoms with E-state index in [2.05, 4.69) is 17.0 Å². The van der Waals surface area contributed by atoms with Crippen LogP contribution >= 0.6 is 0 Å². The fourth-order valence-electron chi connectivity index (χ4n) is 3.45. The zero-order chi connectivity index (χ0) is 15.3. The molecule has 2 atom stereocenters. The van der Waals surface area contributed by atoms with Gasteiger partial charge in [-0.3, -0.25) is 9.69 Å². The van der Waals surface area contributed by atoms with E-state index in [1.807, 2.05) is 30.2 Å². The Morgan fingerprint density at radius 2 is 2.23 bits per heavy atom. The minimum Gasteiger partial charge on any atom is -0.373 e. The molecule has 4 heterocycles. The standard InChI is InChI=1S/C16H20N4O2/c1-11-3-4-13-12(7-17-20(13)8-11)16(21)19-9-14-15(10-19)22-6-5-18(14)2/h3-4,7-8,14-15H,5-6,9-10H2,1-2H3/t14-,15-/m0/s1. The van der Waals surface area contributed by atoms with Crippen molar-refractivity contribution >= 4 is 11.4 Å². The van der Waals surface area contributed by atoms with E-state index < -0.39 is 0 Å². The average molecular weight is 300 g/mol. The van der Waals surface area contributed by atoms with Crippen molar-refractivity contribution in [1.29, 1.82) is 0 Å². The number of likely N-dealkylation sites (N-methyl/N-ethyl adjacent to an activating group) is 1. The van der Waals surface area contributed by atoms with Crippen LogP contribution in [0.15, 0.2) is 24.5 Å². The number of rotatable bonds is 1. The molecule has 116 valence electrons. The van der Waals surface area contributed by atoms with E-state index >= 15 is 0 Å². The Morgan fingerprint density at radius 3 is 3.05 bits per heavy atom. The first-order valence-electron chi connectivity index (χ1n) is 7.68. The second-order valence-corrected chi connectivity index (χ2v) is 6.26. The molecule has 0 radical (unpaired) electrons. The van der Waals surface area contributed by atoms with E-state index in [1.54, 1.807) is 10.7 Å². The predicted molar refractivity (Wildman–Crippen MR) is 82.0 cm³/mol. The number of hydrogen-bond donors (Lipinski definition) is 0. The Labute approximate surface area is 129 Å². The van der Waals surface area contributed by atoms with Crippen molar-refractivity contribution in [1.82, 2.24) is 19.4 Å². The van der Waals surface area contributed by atoms with Gasteiger partial charge in [0.2, 0.25) is 0 Å². The van der Waals surface area contributed by atoms with Gasteiger partial charge in [0.25, 0.3) is 5.91 Å². The van der Waals surface area contributed by atoms with Crippen LogP contribution < -0.4 is 0 Å². The third-order valence-electron chi connectivity index (χ3n) is 4.76. The van der Waals surface area contributed by atoms with Crippen LogP contribution in [0.3, 0.4) is 0 Å². The second kappa shape index (κ2) is 5.07. The molecule has 1 amide bonds. The van der Waals surface area contributed by atoms with E-state index in [0.29, 0.717) is 18.2 Å². The van der Waals surface area contributed by atoms with Gasteiger partial charge in [0.1, 0.15) is 0 Å². The van der Waals surface area contributed by atoms with Gasteiger partial charge in [-0.25, -0.2) is 4.52 Å². The van der Waals surface area contributed by atoms with Gasteiger partial charge in [-0.05, 0) is 25.6 Å². The van der Waals surface area contributed by atoms with Gasteiger partial charge in [-0.2, -0.15) is 5.10 Å². The Kier molecular flexibility index (Phi) is 3.16. The number of amides is 1. The molecule has 0 aromatic carbocycles. The van der Waals surface area contributed by atoms with Crippen LogP contribution in [0.2, 0.25) is 0 Å². The lowest BCUT2D eigenvalue weighted by molar-refractivity contribution is -0.0368. The second-order valence-electron chi connectivity index (χ2n) is 6.26. The number of aromatic nitrogens is 2. The summed E-state index contributed by atoms with van der Waals surface area (Å²) < 4.78 is 7.59. The molecule has 0 unspecified atom stereocenters. The molecule has 2 aromatic rings. The summed E-state index contributed by atoms with van der Waals surface area (Å²) in [6.45, 7) is 5.08. The molecule has 0 spiro atoms. The lowest BCUT2D eigenvalue weighted by Crippen LogP contribution is -2.48. The van der Waals surface area contributed by atoms with Crippen LogP contribution in [0.25, 0.3) is 5.52 Å². The average Bonchev–Trinajstić information content (AvgIpc) is 3.10. The number of likely N-dealkylation sites (tertiary alicyclic amines) is 1. The predicted octanol–water partition coefficient (Wildman–Crippen LogP) is 0.798. The van der Waals surface area contributed by atoms with E-state index in [1.165, 1.54) is 0 Å². The molecule has 6 nitrogen and oxygen atoms in total. The molecule has 2 aliphatic rings. The van der Waals surface area contributed by atoms with Crippen LogP contribution in [-0.2, 0) is 4.74 Å². The summed E-state index contributed by atoms with van der Waals surface area (Å²) >= 11 is 0. The monoisotopic (exact) mass is 300 g/mol. The summed E-state index contributed by atoms with van der Waals surface area (Å²) in [5.41, 5.74) is 2.65. The summed E-state index contributed by atoms with van der Waals surface area (Å²) in [5.74, 6) is 0.0465. The Hall–Kier alpha value is -1.92. The molecular formula is C16H20N4O2. The van der Waals surface area contributed by atoms with Crippen LogP contribution in [-0.4, -0.2) is 70.8 Å². The highest BCUT2D eigenvalue weighted by atomic mass is 16.5. The highest BCUT2D eigenvalue weighted by Crippen LogP contribution is 2.24. The van der Waals surface area contributed by atoms with E-state index in [9.17, 15) is 4.79 Å². The number of fused-ring (bicyclic) bond motifs is 2. The number of carbonyl (C=O) groups is 1. The SMILES string of the molecule is Cc1ccc2c(C(=O)N3C[C@@H]4OCCN(C)[C@H]4C3)cnn2c1. The van der Waals surface area contributed by atoms with Gasteiger partial charge in [0.05, 0.1) is 36.0 Å². The minimum atomic E-state index is 0.0465. The number of ether oxygens (including phenoxy) is 1. The van der Waals surface area contributed by atoms with Gasteiger partial charge in [0, 0.05) is 25.8 Å². The molecule has 0 aliphatic carbocycles. The minimum absolute atomic E-state index is 0.0465. The molecular weight excluding hydrogens is 280 g/mol. The summed E-state index contributed by atoms with van der Waals surface area (Å²) in [6.07, 6.45) is 3.74. The van der Waals surface area contributed by atoms with E-state index in [0.717, 1.165) is 30.8 Å². The van der Waals surface area contributed by atoms with Gasteiger partial charge in [0.15, 0.2) is 0 Å². The van der Waals surface area contributed by atoms with Gasteiger partial charge in [-0.15, -0.1) is 0 Å². The molecule has 0 saturated carbocycles. The maximum Gasteiger partial charge on any atom is 0.257 e. The third kappa shape index (κ3) is 2.10. The summed E-state index contributed by atoms with van der Waals surface area (Å²) in [6, 6.07) is 4.28. The molecule has 4 rings (SSSR count). The first-order valence-corrected chi connectivity index (χ1v) is 7.68. The molecule has 2 fully saturated rings. The maximum atomic E-state index is 12.9. The van der Waals surface area contributed by atoms with Crippen molar-refractivity contribution in [2.24, 2.45) is 0 Å². The lowest BCUT2D eigenvalue weighted by Gasteiger charge is -2.33. The van der Waals surface area contributed by atoms with E-state index in [-0.39, 0.29) is 12.0 Å². The molecule has 6 heteroatoms. The van der Waals surface area contributed by atoms with Gasteiger partial charge >= 0.3 is 0 Å². The van der Waals surface area contributed by atoms with Crippen LogP contribution in [0.5, 0.6) is 0 Å². The quantitative estimate of drug-likeness (QED) is 0.781. The first kappa shape index (κ1) is 13.7. The molecule has 0 bridgehead atoms. The van der Waals surface area contributed by atoms with Crippen molar-refractivity contribution in [3.05, 3.63) is 35.7 Å². The largest absolute Gasteiger partial charge is 0.373 e. The van der Waals surface area contributed by atoms with Crippen molar-refractivity contribution < 1.29 is 9.53 Å². The third-order valence-corrected chi connectivity index (χ3v) is 4.76.